The normalized spacial score (nSPS) is 12.0. The Kier molecular flexibility index (Phi) is 2.15. The molecular weight excluding hydrogens is 179 g/mol. The fourth-order valence-corrected chi connectivity index (χ4v) is 1.32. The predicted octanol–water partition coefficient (Wildman–Crippen LogP) is 1.65. The second-order valence-corrected chi connectivity index (χ2v) is 2.46. The largest absolute Gasteiger partial charge is 0.419 e. The Bertz CT molecular complexity index is 244. The molecular formula is C5H4F3NOS. The minimum Gasteiger partial charge on any atom is -0.390 e. The van der Waals surface area contributed by atoms with Crippen LogP contribution >= 0.6 is 11.5 Å². The number of aromatic nitrogens is 1. The van der Waals surface area contributed by atoms with Crippen molar-refractivity contribution < 1.29 is 18.3 Å². The first-order chi connectivity index (χ1) is 5.05. The molecule has 0 amide bonds. The SMILES string of the molecule is OCc1nscc1C(F)(F)F. The van der Waals surface area contributed by atoms with Gasteiger partial charge in [-0.15, -0.1) is 0 Å². The smallest absolute Gasteiger partial charge is 0.390 e. The summed E-state index contributed by atoms with van der Waals surface area (Å²) >= 11 is 0.688. The third-order valence-corrected chi connectivity index (χ3v) is 1.77. The Labute approximate surface area is 64.5 Å². The molecule has 0 spiro atoms. The van der Waals surface area contributed by atoms with E-state index in [0.717, 1.165) is 5.38 Å². The molecule has 1 aromatic heterocycles. The van der Waals surface area contributed by atoms with Crippen molar-refractivity contribution in [2.45, 2.75) is 12.8 Å². The van der Waals surface area contributed by atoms with Crippen LogP contribution in [0.5, 0.6) is 0 Å². The van der Waals surface area contributed by atoms with Crippen molar-refractivity contribution >= 4 is 11.5 Å². The molecule has 1 aromatic rings. The average molecular weight is 183 g/mol. The van der Waals surface area contributed by atoms with Gasteiger partial charge in [0, 0.05) is 5.38 Å². The number of hydrogen-bond donors (Lipinski definition) is 1. The van der Waals surface area contributed by atoms with Gasteiger partial charge in [-0.05, 0) is 11.5 Å². The first kappa shape index (κ1) is 8.48. The van der Waals surface area contributed by atoms with E-state index < -0.39 is 18.3 Å². The molecule has 0 bridgehead atoms. The van der Waals surface area contributed by atoms with E-state index in [4.69, 9.17) is 5.11 Å². The Morgan fingerprint density at radius 1 is 1.55 bits per heavy atom. The van der Waals surface area contributed by atoms with E-state index in [-0.39, 0.29) is 5.69 Å². The lowest BCUT2D eigenvalue weighted by molar-refractivity contribution is -0.138. The van der Waals surface area contributed by atoms with E-state index in [1.807, 2.05) is 0 Å². The van der Waals surface area contributed by atoms with Gasteiger partial charge < -0.3 is 5.11 Å². The summed E-state index contributed by atoms with van der Waals surface area (Å²) in [6, 6.07) is 0. The summed E-state index contributed by atoms with van der Waals surface area (Å²) in [6.07, 6.45) is -4.40. The summed E-state index contributed by atoms with van der Waals surface area (Å²) < 4.78 is 39.1. The zero-order valence-electron chi connectivity index (χ0n) is 5.22. The van der Waals surface area contributed by atoms with Gasteiger partial charge in [0.1, 0.15) is 0 Å². The molecule has 2 nitrogen and oxygen atoms in total. The highest BCUT2D eigenvalue weighted by Crippen LogP contribution is 2.32. The molecule has 0 aliphatic rings. The molecule has 1 rings (SSSR count). The van der Waals surface area contributed by atoms with E-state index in [9.17, 15) is 13.2 Å². The highest BCUT2D eigenvalue weighted by Gasteiger charge is 2.34. The fourth-order valence-electron chi connectivity index (χ4n) is 0.604. The summed E-state index contributed by atoms with van der Waals surface area (Å²) in [4.78, 5) is 0. The van der Waals surface area contributed by atoms with Crippen LogP contribution in [0.25, 0.3) is 0 Å². The maximum atomic E-state index is 11.9. The highest BCUT2D eigenvalue weighted by atomic mass is 32.1. The molecule has 0 radical (unpaired) electrons. The molecule has 62 valence electrons. The van der Waals surface area contributed by atoms with Crippen LogP contribution in [0.3, 0.4) is 0 Å². The monoisotopic (exact) mass is 183 g/mol. The van der Waals surface area contributed by atoms with Gasteiger partial charge in [0.05, 0.1) is 17.9 Å². The van der Waals surface area contributed by atoms with E-state index in [1.165, 1.54) is 0 Å². The van der Waals surface area contributed by atoms with Crippen LogP contribution < -0.4 is 0 Å². The molecule has 0 atom stereocenters. The van der Waals surface area contributed by atoms with Gasteiger partial charge in [-0.2, -0.15) is 17.5 Å². The summed E-state index contributed by atoms with van der Waals surface area (Å²) in [6.45, 7) is -0.668. The third kappa shape index (κ3) is 1.69. The topological polar surface area (TPSA) is 33.1 Å². The van der Waals surface area contributed by atoms with Crippen LogP contribution in [-0.4, -0.2) is 9.48 Å². The van der Waals surface area contributed by atoms with Crippen LogP contribution in [-0.2, 0) is 12.8 Å². The molecule has 1 N–H and O–H groups in total. The van der Waals surface area contributed by atoms with Crippen molar-refractivity contribution in [2.75, 3.05) is 0 Å². The molecule has 0 saturated heterocycles. The van der Waals surface area contributed by atoms with E-state index >= 15 is 0 Å². The van der Waals surface area contributed by atoms with Crippen molar-refractivity contribution in [3.05, 3.63) is 16.6 Å². The molecule has 0 saturated carbocycles. The minimum atomic E-state index is -4.40. The summed E-state index contributed by atoms with van der Waals surface area (Å²) in [5, 5.41) is 9.30. The van der Waals surface area contributed by atoms with Crippen LogP contribution in [0.2, 0.25) is 0 Å². The van der Waals surface area contributed by atoms with E-state index in [2.05, 4.69) is 4.37 Å². The number of hydrogen-bond acceptors (Lipinski definition) is 3. The fraction of sp³-hybridized carbons (Fsp3) is 0.400. The Morgan fingerprint density at radius 2 is 2.18 bits per heavy atom. The zero-order chi connectivity index (χ0) is 8.48. The van der Waals surface area contributed by atoms with Crippen molar-refractivity contribution in [1.82, 2.24) is 4.37 Å². The van der Waals surface area contributed by atoms with Gasteiger partial charge in [0.2, 0.25) is 0 Å². The van der Waals surface area contributed by atoms with Crippen LogP contribution in [0.15, 0.2) is 5.38 Å². The summed E-state index contributed by atoms with van der Waals surface area (Å²) in [5.74, 6) is 0. The maximum Gasteiger partial charge on any atom is 0.419 e. The lowest BCUT2D eigenvalue weighted by Gasteiger charge is -2.03. The lowest BCUT2D eigenvalue weighted by atomic mass is 10.2. The Morgan fingerprint density at radius 3 is 2.55 bits per heavy atom. The first-order valence-corrected chi connectivity index (χ1v) is 3.50. The lowest BCUT2D eigenvalue weighted by Crippen LogP contribution is -2.06. The van der Waals surface area contributed by atoms with Crippen molar-refractivity contribution in [2.24, 2.45) is 0 Å². The quantitative estimate of drug-likeness (QED) is 0.718. The second-order valence-electron chi connectivity index (χ2n) is 1.83. The summed E-state index contributed by atoms with van der Waals surface area (Å²) in [7, 11) is 0. The molecule has 0 fully saturated rings. The molecule has 0 aliphatic heterocycles. The Hall–Kier alpha value is -0.620. The number of nitrogens with zero attached hydrogens (tertiary/aromatic N) is 1. The number of aliphatic hydroxyl groups excluding tert-OH is 1. The maximum absolute atomic E-state index is 11.9. The number of rotatable bonds is 1. The highest BCUT2D eigenvalue weighted by molar-refractivity contribution is 7.03. The van der Waals surface area contributed by atoms with Crippen molar-refractivity contribution in [1.29, 1.82) is 0 Å². The van der Waals surface area contributed by atoms with Crippen molar-refractivity contribution in [3.63, 3.8) is 0 Å². The molecule has 11 heavy (non-hydrogen) atoms. The van der Waals surface area contributed by atoms with Crippen LogP contribution in [0, 0.1) is 0 Å². The molecule has 6 heteroatoms. The standard InChI is InChI=1S/C5H4F3NOS/c6-5(7,8)3-2-11-9-4(3)1-10/h2,10H,1H2. The molecule has 0 aliphatic carbocycles. The minimum absolute atomic E-state index is 0.303. The van der Waals surface area contributed by atoms with Crippen LogP contribution in [0.4, 0.5) is 13.2 Å². The van der Waals surface area contributed by atoms with E-state index in [0.29, 0.717) is 11.5 Å². The van der Waals surface area contributed by atoms with Gasteiger partial charge in [-0.25, -0.2) is 0 Å². The average Bonchev–Trinajstić information content (AvgIpc) is 2.31. The van der Waals surface area contributed by atoms with Crippen molar-refractivity contribution in [3.8, 4) is 0 Å². The third-order valence-electron chi connectivity index (χ3n) is 1.10. The molecule has 0 aromatic carbocycles. The first-order valence-electron chi connectivity index (χ1n) is 2.67. The van der Waals surface area contributed by atoms with Gasteiger partial charge >= 0.3 is 6.18 Å². The number of aliphatic hydroxyl groups is 1. The van der Waals surface area contributed by atoms with E-state index in [1.54, 1.807) is 0 Å². The van der Waals surface area contributed by atoms with Gasteiger partial charge in [-0.1, -0.05) is 0 Å². The van der Waals surface area contributed by atoms with Gasteiger partial charge in [0.15, 0.2) is 0 Å². The number of alkyl halides is 3. The predicted molar refractivity (Wildman–Crippen MR) is 33.0 cm³/mol. The Balaban J connectivity index is 3.02. The number of halogens is 3. The second kappa shape index (κ2) is 2.78. The summed E-state index contributed by atoms with van der Waals surface area (Å²) in [5.41, 5.74) is -1.15. The molecule has 1 heterocycles. The van der Waals surface area contributed by atoms with Gasteiger partial charge in [-0.3, -0.25) is 0 Å². The zero-order valence-corrected chi connectivity index (χ0v) is 6.04. The molecule has 0 unspecified atom stereocenters. The van der Waals surface area contributed by atoms with Crippen LogP contribution in [0.1, 0.15) is 11.3 Å². The van der Waals surface area contributed by atoms with Gasteiger partial charge in [0.25, 0.3) is 0 Å².